The first-order valence-electron chi connectivity index (χ1n) is 8.22. The van der Waals surface area contributed by atoms with Crippen molar-refractivity contribution in [1.82, 2.24) is 5.32 Å². The second kappa shape index (κ2) is 10.4. The van der Waals surface area contributed by atoms with Gasteiger partial charge in [-0.05, 0) is 59.2 Å². The second-order valence-electron chi connectivity index (χ2n) is 5.66. The van der Waals surface area contributed by atoms with E-state index in [-0.39, 0.29) is 30.7 Å². The van der Waals surface area contributed by atoms with Crippen LogP contribution in [0.2, 0.25) is 0 Å². The lowest BCUT2D eigenvalue weighted by Gasteiger charge is -2.29. The Bertz CT molecular complexity index is 636. The van der Waals surface area contributed by atoms with Crippen LogP contribution in [0, 0.1) is 15.9 Å². The Morgan fingerprint density at radius 2 is 2.16 bits per heavy atom. The van der Waals surface area contributed by atoms with Gasteiger partial charge < -0.3 is 19.9 Å². The van der Waals surface area contributed by atoms with Crippen LogP contribution in [0.15, 0.2) is 36.1 Å². The fraction of sp³-hybridized carbons (Fsp3) is 0.421. The van der Waals surface area contributed by atoms with Crippen molar-refractivity contribution in [2.24, 2.45) is 0 Å². The van der Waals surface area contributed by atoms with Gasteiger partial charge in [0.25, 0.3) is 5.91 Å². The van der Waals surface area contributed by atoms with Crippen LogP contribution >= 0.6 is 22.6 Å². The number of allylic oxidation sites excluding steroid dienone is 1. The molecule has 0 spiro atoms. The summed E-state index contributed by atoms with van der Waals surface area (Å²) in [6.45, 7) is 0.763. The molecule has 6 heteroatoms. The number of amides is 1. The van der Waals surface area contributed by atoms with Crippen LogP contribution < -0.4 is 5.32 Å². The molecule has 0 saturated carbocycles. The fourth-order valence-corrected chi connectivity index (χ4v) is 2.87. The number of unbranched alkanes of at least 4 members (excludes halogenated alkanes) is 1. The molecule has 134 valence electrons. The fourth-order valence-electron chi connectivity index (χ4n) is 2.51. The second-order valence-corrected chi connectivity index (χ2v) is 6.91. The quantitative estimate of drug-likeness (QED) is 0.359. The van der Waals surface area contributed by atoms with E-state index in [1.807, 2.05) is 30.3 Å². The van der Waals surface area contributed by atoms with Gasteiger partial charge in [0.1, 0.15) is 0 Å². The minimum absolute atomic E-state index is 0.0279. The number of hydrogen-bond acceptors (Lipinski definition) is 4. The van der Waals surface area contributed by atoms with Crippen LogP contribution in [0.1, 0.15) is 30.7 Å². The summed E-state index contributed by atoms with van der Waals surface area (Å²) >= 11 is 2.26. The molecule has 0 radical (unpaired) electrons. The summed E-state index contributed by atoms with van der Waals surface area (Å²) in [5, 5.41) is 11.5. The van der Waals surface area contributed by atoms with E-state index in [2.05, 4.69) is 33.8 Å². The molecule has 25 heavy (non-hydrogen) atoms. The van der Waals surface area contributed by atoms with Crippen molar-refractivity contribution in [3.8, 4) is 12.3 Å². The molecule has 0 aromatic heterocycles. The van der Waals surface area contributed by atoms with Gasteiger partial charge in [-0.1, -0.05) is 18.1 Å². The van der Waals surface area contributed by atoms with Gasteiger partial charge in [0.05, 0.1) is 13.2 Å². The normalized spacial score (nSPS) is 19.5. The van der Waals surface area contributed by atoms with E-state index in [9.17, 15) is 4.79 Å². The Morgan fingerprint density at radius 1 is 1.40 bits per heavy atom. The number of aliphatic hydroxyl groups excluding tert-OH is 1. The highest BCUT2D eigenvalue weighted by Gasteiger charge is 2.28. The number of benzene rings is 1. The van der Waals surface area contributed by atoms with E-state index in [0.717, 1.165) is 15.6 Å². The zero-order valence-electron chi connectivity index (χ0n) is 13.9. The average Bonchev–Trinajstić information content (AvgIpc) is 2.63. The van der Waals surface area contributed by atoms with Crippen molar-refractivity contribution in [2.75, 3.05) is 19.8 Å². The molecule has 0 saturated heterocycles. The Hall–Kier alpha value is -1.56. The van der Waals surface area contributed by atoms with Gasteiger partial charge in [0.15, 0.2) is 5.76 Å². The van der Waals surface area contributed by atoms with Crippen molar-refractivity contribution in [1.29, 1.82) is 0 Å². The first-order chi connectivity index (χ1) is 12.1. The zero-order valence-corrected chi connectivity index (χ0v) is 16.1. The minimum atomic E-state index is -0.500. The number of hydrogen-bond donors (Lipinski definition) is 2. The molecule has 1 aliphatic rings. The number of carbonyl (C=O) groups excluding carboxylic acids is 1. The van der Waals surface area contributed by atoms with Gasteiger partial charge in [0, 0.05) is 22.5 Å². The van der Waals surface area contributed by atoms with Crippen molar-refractivity contribution in [3.63, 3.8) is 0 Å². The Kier molecular flexibility index (Phi) is 8.25. The van der Waals surface area contributed by atoms with E-state index in [1.165, 1.54) is 0 Å². The number of nitrogens with one attached hydrogen (secondary N) is 1. The summed E-state index contributed by atoms with van der Waals surface area (Å²) in [4.78, 5) is 12.2. The molecule has 1 heterocycles. The predicted octanol–water partition coefficient (Wildman–Crippen LogP) is 2.54. The van der Waals surface area contributed by atoms with E-state index >= 15 is 0 Å². The highest BCUT2D eigenvalue weighted by Crippen LogP contribution is 2.31. The van der Waals surface area contributed by atoms with Crippen molar-refractivity contribution < 1.29 is 19.4 Å². The van der Waals surface area contributed by atoms with E-state index < -0.39 is 6.29 Å². The SMILES string of the molecule is C#CCNC(=O)C1=C[C@@H](c2ccc(I)cc2)C[C@@H](OCCCCO)O1. The number of rotatable bonds is 8. The highest BCUT2D eigenvalue weighted by molar-refractivity contribution is 14.1. The van der Waals surface area contributed by atoms with E-state index in [0.29, 0.717) is 19.4 Å². The molecule has 1 aromatic rings. The Morgan fingerprint density at radius 3 is 2.84 bits per heavy atom. The molecule has 2 rings (SSSR count). The number of carbonyl (C=O) groups is 1. The molecule has 1 amide bonds. The van der Waals surface area contributed by atoms with Crippen molar-refractivity contribution >= 4 is 28.5 Å². The van der Waals surface area contributed by atoms with Crippen LogP contribution in [0.25, 0.3) is 0 Å². The maximum absolute atomic E-state index is 12.2. The molecule has 0 unspecified atom stereocenters. The first kappa shape index (κ1) is 19.8. The van der Waals surface area contributed by atoms with E-state index in [1.54, 1.807) is 0 Å². The standard InChI is InChI=1S/C19H22INO4/c1-2-9-21-19(23)17-12-15(14-5-7-16(20)8-6-14)13-18(25-17)24-11-4-3-10-22/h1,5-8,12,15,18,22H,3-4,9-11,13H2,(H,21,23)/t15-,18+/m1/s1. The van der Waals surface area contributed by atoms with Crippen LogP contribution in [-0.4, -0.2) is 37.1 Å². The zero-order chi connectivity index (χ0) is 18.1. The summed E-state index contributed by atoms with van der Waals surface area (Å²) < 4.78 is 12.6. The van der Waals surface area contributed by atoms with Crippen LogP contribution in [-0.2, 0) is 14.3 Å². The number of ether oxygens (including phenoxy) is 2. The molecule has 1 aliphatic heterocycles. The lowest BCUT2D eigenvalue weighted by Crippen LogP contribution is -2.33. The van der Waals surface area contributed by atoms with Gasteiger partial charge >= 0.3 is 0 Å². The van der Waals surface area contributed by atoms with Gasteiger partial charge in [0.2, 0.25) is 6.29 Å². The summed E-state index contributed by atoms with van der Waals surface area (Å²) in [5.41, 5.74) is 1.11. The third-order valence-corrected chi connectivity index (χ3v) is 4.51. The van der Waals surface area contributed by atoms with Crippen molar-refractivity contribution in [2.45, 2.75) is 31.5 Å². The number of aliphatic hydroxyl groups is 1. The lowest BCUT2D eigenvalue weighted by molar-refractivity contribution is -0.146. The number of terminal acetylenes is 1. The summed E-state index contributed by atoms with van der Waals surface area (Å²) in [7, 11) is 0. The average molecular weight is 455 g/mol. The van der Waals surface area contributed by atoms with Gasteiger partial charge in [-0.15, -0.1) is 6.42 Å². The Labute approximate surface area is 161 Å². The largest absolute Gasteiger partial charge is 0.459 e. The van der Waals surface area contributed by atoms with Crippen molar-refractivity contribution in [3.05, 3.63) is 45.2 Å². The summed E-state index contributed by atoms with van der Waals surface area (Å²) in [5.74, 6) is 2.30. The smallest absolute Gasteiger partial charge is 0.286 e. The van der Waals surface area contributed by atoms with Gasteiger partial charge in [-0.25, -0.2) is 0 Å². The van der Waals surface area contributed by atoms with Gasteiger partial charge in [-0.3, -0.25) is 4.79 Å². The Balaban J connectivity index is 2.10. The molecular formula is C19H22INO4. The van der Waals surface area contributed by atoms with Crippen LogP contribution in [0.3, 0.4) is 0 Å². The molecule has 2 N–H and O–H groups in total. The maximum atomic E-state index is 12.2. The molecule has 0 fully saturated rings. The number of halogens is 1. The third-order valence-electron chi connectivity index (χ3n) is 3.79. The van der Waals surface area contributed by atoms with Crippen LogP contribution in [0.5, 0.6) is 0 Å². The maximum Gasteiger partial charge on any atom is 0.286 e. The minimum Gasteiger partial charge on any atom is -0.459 e. The first-order valence-corrected chi connectivity index (χ1v) is 9.30. The predicted molar refractivity (Wildman–Crippen MR) is 104 cm³/mol. The molecular weight excluding hydrogens is 433 g/mol. The molecule has 2 atom stereocenters. The molecule has 5 nitrogen and oxygen atoms in total. The molecule has 0 aliphatic carbocycles. The molecule has 1 aromatic carbocycles. The monoisotopic (exact) mass is 455 g/mol. The summed E-state index contributed by atoms with van der Waals surface area (Å²) in [6, 6.07) is 8.17. The van der Waals surface area contributed by atoms with Crippen LogP contribution in [0.4, 0.5) is 0 Å². The highest BCUT2D eigenvalue weighted by atomic mass is 127. The van der Waals surface area contributed by atoms with E-state index in [4.69, 9.17) is 21.0 Å². The topological polar surface area (TPSA) is 67.8 Å². The summed E-state index contributed by atoms with van der Waals surface area (Å²) in [6.07, 6.45) is 8.56. The van der Waals surface area contributed by atoms with Gasteiger partial charge in [-0.2, -0.15) is 0 Å². The third kappa shape index (κ3) is 6.34. The molecule has 0 bridgehead atoms. The lowest BCUT2D eigenvalue weighted by atomic mass is 9.93.